The van der Waals surface area contributed by atoms with Gasteiger partial charge in [0.15, 0.2) is 0 Å². The molecular weight excluding hydrogens is 440 g/mol. The molecular formula is C25H26N2O5S. The SMILES string of the molecule is COc1cccc(OC)c1C(=O)Nc1ccc2c(c1)CN(S(=O)(=O)c1ccc(C)cc1)CC2. The number of carbonyl (C=O) groups is 1. The summed E-state index contributed by atoms with van der Waals surface area (Å²) in [5, 5.41) is 2.88. The number of anilines is 1. The molecule has 7 nitrogen and oxygen atoms in total. The van der Waals surface area contributed by atoms with Crippen LogP contribution in [0.5, 0.6) is 11.5 Å². The third-order valence-electron chi connectivity index (χ3n) is 5.76. The lowest BCUT2D eigenvalue weighted by Crippen LogP contribution is -2.36. The summed E-state index contributed by atoms with van der Waals surface area (Å²) < 4.78 is 38.4. The van der Waals surface area contributed by atoms with Crippen molar-refractivity contribution in [3.63, 3.8) is 0 Å². The minimum atomic E-state index is -3.61. The maximum Gasteiger partial charge on any atom is 0.263 e. The maximum absolute atomic E-state index is 13.1. The number of hydrogen-bond donors (Lipinski definition) is 1. The van der Waals surface area contributed by atoms with E-state index in [0.717, 1.165) is 16.7 Å². The van der Waals surface area contributed by atoms with E-state index in [4.69, 9.17) is 9.47 Å². The van der Waals surface area contributed by atoms with Gasteiger partial charge in [0.1, 0.15) is 17.1 Å². The molecule has 172 valence electrons. The van der Waals surface area contributed by atoms with Gasteiger partial charge in [0.2, 0.25) is 10.0 Å². The molecule has 0 spiro atoms. The Kier molecular flexibility index (Phi) is 6.40. The molecule has 1 amide bonds. The Morgan fingerprint density at radius 1 is 0.939 bits per heavy atom. The summed E-state index contributed by atoms with van der Waals surface area (Å²) in [7, 11) is -0.618. The number of aryl methyl sites for hydroxylation is 1. The highest BCUT2D eigenvalue weighted by Crippen LogP contribution is 2.31. The molecule has 33 heavy (non-hydrogen) atoms. The number of rotatable bonds is 6. The van der Waals surface area contributed by atoms with E-state index >= 15 is 0 Å². The number of benzene rings is 3. The lowest BCUT2D eigenvalue weighted by atomic mass is 10.0. The smallest absolute Gasteiger partial charge is 0.263 e. The van der Waals surface area contributed by atoms with Crippen molar-refractivity contribution in [2.24, 2.45) is 0 Å². The van der Waals surface area contributed by atoms with Crippen LogP contribution in [0.25, 0.3) is 0 Å². The fraction of sp³-hybridized carbons (Fsp3) is 0.240. The summed E-state index contributed by atoms with van der Waals surface area (Å²) in [6, 6.07) is 17.6. The molecule has 1 aliphatic rings. The molecule has 1 N–H and O–H groups in total. The number of carbonyl (C=O) groups excluding carboxylic acids is 1. The maximum atomic E-state index is 13.1. The van der Waals surface area contributed by atoms with Crippen LogP contribution >= 0.6 is 0 Å². The molecule has 3 aromatic rings. The molecule has 3 aromatic carbocycles. The van der Waals surface area contributed by atoms with E-state index in [-0.39, 0.29) is 17.3 Å². The number of hydrogen-bond acceptors (Lipinski definition) is 5. The van der Waals surface area contributed by atoms with Crippen LogP contribution in [0.1, 0.15) is 27.0 Å². The highest BCUT2D eigenvalue weighted by molar-refractivity contribution is 7.89. The van der Waals surface area contributed by atoms with E-state index in [2.05, 4.69) is 5.32 Å². The summed E-state index contributed by atoms with van der Waals surface area (Å²) in [5.74, 6) is 0.435. The van der Waals surface area contributed by atoms with Crippen molar-refractivity contribution >= 4 is 21.6 Å². The van der Waals surface area contributed by atoms with Gasteiger partial charge in [-0.2, -0.15) is 4.31 Å². The van der Waals surface area contributed by atoms with Gasteiger partial charge in [-0.15, -0.1) is 0 Å². The largest absolute Gasteiger partial charge is 0.496 e. The second kappa shape index (κ2) is 9.25. The Morgan fingerprint density at radius 3 is 2.24 bits per heavy atom. The molecule has 0 atom stereocenters. The molecule has 0 aromatic heterocycles. The van der Waals surface area contributed by atoms with Crippen LogP contribution < -0.4 is 14.8 Å². The molecule has 1 heterocycles. The van der Waals surface area contributed by atoms with Gasteiger partial charge in [-0.25, -0.2) is 8.42 Å². The zero-order valence-electron chi connectivity index (χ0n) is 18.8. The quantitative estimate of drug-likeness (QED) is 0.593. The summed E-state index contributed by atoms with van der Waals surface area (Å²) >= 11 is 0. The topological polar surface area (TPSA) is 84.9 Å². The zero-order chi connectivity index (χ0) is 23.6. The molecule has 0 radical (unpaired) electrons. The van der Waals surface area contributed by atoms with Crippen molar-refractivity contribution in [3.8, 4) is 11.5 Å². The summed E-state index contributed by atoms with van der Waals surface area (Å²) in [4.78, 5) is 13.3. The van der Waals surface area contributed by atoms with E-state index in [1.165, 1.54) is 18.5 Å². The second-order valence-electron chi connectivity index (χ2n) is 7.88. The van der Waals surface area contributed by atoms with Crippen molar-refractivity contribution in [1.82, 2.24) is 4.31 Å². The molecule has 0 saturated heterocycles. The van der Waals surface area contributed by atoms with E-state index in [9.17, 15) is 13.2 Å². The van der Waals surface area contributed by atoms with E-state index in [1.54, 1.807) is 42.5 Å². The van der Waals surface area contributed by atoms with Gasteiger partial charge in [0.25, 0.3) is 5.91 Å². The number of nitrogens with zero attached hydrogens (tertiary/aromatic N) is 1. The van der Waals surface area contributed by atoms with Crippen LogP contribution in [-0.4, -0.2) is 39.4 Å². The average molecular weight is 467 g/mol. The monoisotopic (exact) mass is 466 g/mol. The molecule has 4 rings (SSSR count). The van der Waals surface area contributed by atoms with E-state index in [1.807, 2.05) is 25.1 Å². The fourth-order valence-electron chi connectivity index (χ4n) is 3.94. The first kappa shape index (κ1) is 22.8. The second-order valence-corrected chi connectivity index (χ2v) is 9.81. The van der Waals surface area contributed by atoms with Crippen LogP contribution in [0.15, 0.2) is 65.6 Å². The normalized spacial score (nSPS) is 13.8. The Labute approximate surface area is 194 Å². The van der Waals surface area contributed by atoms with Crippen LogP contribution in [-0.2, 0) is 23.0 Å². The first-order valence-corrected chi connectivity index (χ1v) is 12.0. The van der Waals surface area contributed by atoms with Crippen LogP contribution in [0.3, 0.4) is 0 Å². The van der Waals surface area contributed by atoms with Crippen LogP contribution in [0.4, 0.5) is 5.69 Å². The molecule has 1 aliphatic heterocycles. The molecule has 0 unspecified atom stereocenters. The Bertz CT molecular complexity index is 1260. The van der Waals surface area contributed by atoms with Gasteiger partial charge in [-0.1, -0.05) is 29.8 Å². The first-order valence-electron chi connectivity index (χ1n) is 10.5. The van der Waals surface area contributed by atoms with Crippen molar-refractivity contribution < 1.29 is 22.7 Å². The van der Waals surface area contributed by atoms with Gasteiger partial charge in [-0.05, 0) is 60.9 Å². The Hall–Kier alpha value is -3.36. The predicted molar refractivity (Wildman–Crippen MR) is 126 cm³/mol. The van der Waals surface area contributed by atoms with Crippen molar-refractivity contribution in [3.05, 3.63) is 82.9 Å². The van der Waals surface area contributed by atoms with E-state index in [0.29, 0.717) is 35.7 Å². The predicted octanol–water partition coefficient (Wildman–Crippen LogP) is 4.01. The standard InChI is InChI=1S/C25H26N2O5S/c1-17-7-11-21(12-8-17)33(29,30)27-14-13-18-9-10-20(15-19(18)16-27)26-25(28)24-22(31-2)5-4-6-23(24)32-3/h4-12,15H,13-14,16H2,1-3H3,(H,26,28). The van der Waals surface area contributed by atoms with Crippen LogP contribution in [0, 0.1) is 6.92 Å². The molecule has 0 bridgehead atoms. The van der Waals surface area contributed by atoms with Crippen molar-refractivity contribution in [1.29, 1.82) is 0 Å². The third-order valence-corrected chi connectivity index (χ3v) is 7.61. The highest BCUT2D eigenvalue weighted by atomic mass is 32.2. The zero-order valence-corrected chi connectivity index (χ0v) is 19.6. The number of amides is 1. The van der Waals surface area contributed by atoms with Gasteiger partial charge >= 0.3 is 0 Å². The summed E-state index contributed by atoms with van der Waals surface area (Å²) in [6.45, 7) is 2.57. The average Bonchev–Trinajstić information content (AvgIpc) is 2.83. The highest BCUT2D eigenvalue weighted by Gasteiger charge is 2.28. The Balaban J connectivity index is 1.58. The minimum absolute atomic E-state index is 0.243. The van der Waals surface area contributed by atoms with Crippen LogP contribution in [0.2, 0.25) is 0 Å². The third kappa shape index (κ3) is 4.58. The number of nitrogens with one attached hydrogen (secondary N) is 1. The number of sulfonamides is 1. The van der Waals surface area contributed by atoms with Crippen molar-refractivity contribution in [2.75, 3.05) is 26.1 Å². The van der Waals surface area contributed by atoms with E-state index < -0.39 is 10.0 Å². The van der Waals surface area contributed by atoms with Gasteiger partial charge in [0, 0.05) is 18.8 Å². The van der Waals surface area contributed by atoms with Gasteiger partial charge in [0.05, 0.1) is 19.1 Å². The molecule has 8 heteroatoms. The summed E-state index contributed by atoms with van der Waals surface area (Å²) in [5.41, 5.74) is 3.80. The summed E-state index contributed by atoms with van der Waals surface area (Å²) in [6.07, 6.45) is 0.606. The number of ether oxygens (including phenoxy) is 2. The van der Waals surface area contributed by atoms with Gasteiger partial charge < -0.3 is 14.8 Å². The fourth-order valence-corrected chi connectivity index (χ4v) is 5.36. The number of methoxy groups -OCH3 is 2. The molecule has 0 saturated carbocycles. The lowest BCUT2D eigenvalue weighted by molar-refractivity contribution is 0.102. The molecule has 0 aliphatic carbocycles. The van der Waals surface area contributed by atoms with Crippen molar-refractivity contribution in [2.45, 2.75) is 24.8 Å². The van der Waals surface area contributed by atoms with Gasteiger partial charge in [-0.3, -0.25) is 4.79 Å². The number of fused-ring (bicyclic) bond motifs is 1. The Morgan fingerprint density at radius 2 is 1.61 bits per heavy atom. The first-order chi connectivity index (χ1) is 15.8. The lowest BCUT2D eigenvalue weighted by Gasteiger charge is -2.28. The molecule has 0 fully saturated rings. The minimum Gasteiger partial charge on any atom is -0.496 e.